The van der Waals surface area contributed by atoms with E-state index in [1.165, 1.54) is 6.42 Å². The number of carbonyl (C=O) groups excluding carboxylic acids is 1. The first-order chi connectivity index (χ1) is 11.3. The molecule has 0 N–H and O–H groups in total. The predicted molar refractivity (Wildman–Crippen MR) is 86.5 cm³/mol. The summed E-state index contributed by atoms with van der Waals surface area (Å²) in [7, 11) is 0. The molecule has 2 heterocycles. The van der Waals surface area contributed by atoms with Gasteiger partial charge in [0.25, 0.3) is 5.91 Å². The van der Waals surface area contributed by atoms with Crippen LogP contribution in [0.2, 0.25) is 0 Å². The number of hydrogen-bond donors (Lipinski definition) is 0. The Labute approximate surface area is 136 Å². The van der Waals surface area contributed by atoms with Crippen molar-refractivity contribution in [1.29, 1.82) is 0 Å². The van der Waals surface area contributed by atoms with Crippen molar-refractivity contribution >= 4 is 5.91 Å². The van der Waals surface area contributed by atoms with Gasteiger partial charge in [-0.2, -0.15) is 0 Å². The van der Waals surface area contributed by atoms with E-state index in [2.05, 4.69) is 10.2 Å². The second kappa shape index (κ2) is 7.37. The quantitative estimate of drug-likeness (QED) is 0.849. The number of rotatable bonds is 5. The van der Waals surface area contributed by atoms with Crippen LogP contribution < -0.4 is 0 Å². The van der Waals surface area contributed by atoms with Gasteiger partial charge >= 0.3 is 0 Å². The topological polar surface area (TPSA) is 60.2 Å². The zero-order valence-electron chi connectivity index (χ0n) is 13.4. The highest BCUT2D eigenvalue weighted by Crippen LogP contribution is 2.16. The summed E-state index contributed by atoms with van der Waals surface area (Å²) < 4.78 is 7.55. The molecule has 0 unspecified atom stereocenters. The normalized spacial score (nSPS) is 17.9. The van der Waals surface area contributed by atoms with Gasteiger partial charge < -0.3 is 9.64 Å². The van der Waals surface area contributed by atoms with Crippen molar-refractivity contribution in [2.45, 2.75) is 32.3 Å². The first-order valence-corrected chi connectivity index (χ1v) is 8.14. The molecule has 1 aromatic carbocycles. The number of ether oxygens (including phenoxy) is 1. The highest BCUT2D eigenvalue weighted by Gasteiger charge is 2.21. The second-order valence-electron chi connectivity index (χ2n) is 5.75. The largest absolute Gasteiger partial charge is 0.376 e. The summed E-state index contributed by atoms with van der Waals surface area (Å²) in [6.07, 6.45) is 6.74. The Morgan fingerprint density at radius 1 is 1.35 bits per heavy atom. The maximum absolute atomic E-state index is 12.8. The minimum Gasteiger partial charge on any atom is -0.376 e. The van der Waals surface area contributed by atoms with Crippen molar-refractivity contribution in [1.82, 2.24) is 19.7 Å². The molecule has 2 aromatic rings. The molecule has 1 aromatic heterocycles. The Morgan fingerprint density at radius 3 is 2.87 bits per heavy atom. The SMILES string of the molecule is CCN(C[C@@H]1CCCCO1)C(=O)c1cccc(-n2cnnc2)c1. The van der Waals surface area contributed by atoms with Crippen LogP contribution in [0.1, 0.15) is 36.5 Å². The molecule has 3 rings (SSSR count). The number of nitrogens with zero attached hydrogens (tertiary/aromatic N) is 4. The summed E-state index contributed by atoms with van der Waals surface area (Å²) in [4.78, 5) is 14.7. The van der Waals surface area contributed by atoms with Crippen molar-refractivity contribution in [2.24, 2.45) is 0 Å². The average Bonchev–Trinajstić information content (AvgIpc) is 3.15. The predicted octanol–water partition coefficient (Wildman–Crippen LogP) is 2.30. The molecule has 6 heteroatoms. The molecule has 1 saturated heterocycles. The van der Waals surface area contributed by atoms with Crippen LogP contribution in [-0.2, 0) is 4.74 Å². The lowest BCUT2D eigenvalue weighted by Gasteiger charge is -2.29. The summed E-state index contributed by atoms with van der Waals surface area (Å²) in [6, 6.07) is 7.53. The summed E-state index contributed by atoms with van der Waals surface area (Å²) in [5, 5.41) is 7.61. The smallest absolute Gasteiger partial charge is 0.254 e. The molecule has 1 amide bonds. The van der Waals surface area contributed by atoms with Gasteiger partial charge in [-0.15, -0.1) is 10.2 Å². The van der Waals surface area contributed by atoms with Crippen LogP contribution in [0.5, 0.6) is 0 Å². The number of hydrogen-bond acceptors (Lipinski definition) is 4. The summed E-state index contributed by atoms with van der Waals surface area (Å²) in [5.74, 6) is 0.0385. The van der Waals surface area contributed by atoms with E-state index in [0.29, 0.717) is 18.7 Å². The van der Waals surface area contributed by atoms with E-state index in [1.54, 1.807) is 17.2 Å². The standard InChI is InChI=1S/C17H22N4O2/c1-2-20(11-16-8-3-4-9-23-16)17(22)14-6-5-7-15(10-14)21-12-18-19-13-21/h5-7,10,12-13,16H,2-4,8-9,11H2,1H3/t16-/m0/s1. The number of benzene rings is 1. The van der Waals surface area contributed by atoms with Gasteiger partial charge in [0.1, 0.15) is 12.7 Å². The van der Waals surface area contributed by atoms with E-state index >= 15 is 0 Å². The third kappa shape index (κ3) is 3.76. The van der Waals surface area contributed by atoms with Crippen LogP contribution in [0, 0.1) is 0 Å². The van der Waals surface area contributed by atoms with E-state index < -0.39 is 0 Å². The van der Waals surface area contributed by atoms with Gasteiger partial charge in [0.15, 0.2) is 0 Å². The van der Waals surface area contributed by atoms with Crippen molar-refractivity contribution in [3.63, 3.8) is 0 Å². The molecule has 0 radical (unpaired) electrons. The van der Waals surface area contributed by atoms with Crippen LogP contribution in [0.3, 0.4) is 0 Å². The van der Waals surface area contributed by atoms with Gasteiger partial charge in [-0.1, -0.05) is 6.07 Å². The summed E-state index contributed by atoms with van der Waals surface area (Å²) in [5.41, 5.74) is 1.56. The highest BCUT2D eigenvalue weighted by atomic mass is 16.5. The second-order valence-corrected chi connectivity index (χ2v) is 5.75. The van der Waals surface area contributed by atoms with Crippen molar-refractivity contribution < 1.29 is 9.53 Å². The minimum atomic E-state index is 0.0385. The molecule has 1 aliphatic rings. The lowest BCUT2D eigenvalue weighted by atomic mass is 10.1. The van der Waals surface area contributed by atoms with Crippen LogP contribution in [-0.4, -0.2) is 51.4 Å². The first kappa shape index (κ1) is 15.7. The van der Waals surface area contributed by atoms with Crippen LogP contribution in [0.25, 0.3) is 5.69 Å². The Morgan fingerprint density at radius 2 is 2.17 bits per heavy atom. The third-order valence-electron chi connectivity index (χ3n) is 4.18. The van der Waals surface area contributed by atoms with E-state index in [9.17, 15) is 4.79 Å². The number of carbonyl (C=O) groups is 1. The van der Waals surface area contributed by atoms with Crippen LogP contribution in [0.4, 0.5) is 0 Å². The van der Waals surface area contributed by atoms with Crippen LogP contribution >= 0.6 is 0 Å². The van der Waals surface area contributed by atoms with E-state index in [-0.39, 0.29) is 12.0 Å². The van der Waals surface area contributed by atoms with Gasteiger partial charge in [0.05, 0.1) is 6.10 Å². The van der Waals surface area contributed by atoms with Crippen molar-refractivity contribution in [2.75, 3.05) is 19.7 Å². The Bertz CT molecular complexity index is 636. The van der Waals surface area contributed by atoms with Crippen molar-refractivity contribution in [3.8, 4) is 5.69 Å². The number of likely N-dealkylation sites (N-methyl/N-ethyl adjacent to an activating group) is 1. The Balaban J connectivity index is 1.73. The summed E-state index contributed by atoms with van der Waals surface area (Å²) in [6.45, 7) is 4.14. The zero-order valence-corrected chi connectivity index (χ0v) is 13.4. The molecule has 0 saturated carbocycles. The fourth-order valence-corrected chi connectivity index (χ4v) is 2.87. The van der Waals surface area contributed by atoms with Gasteiger partial charge in [-0.05, 0) is 44.4 Å². The average molecular weight is 314 g/mol. The zero-order chi connectivity index (χ0) is 16.1. The molecule has 1 aliphatic heterocycles. The summed E-state index contributed by atoms with van der Waals surface area (Å²) >= 11 is 0. The lowest BCUT2D eigenvalue weighted by Crippen LogP contribution is -2.39. The van der Waals surface area contributed by atoms with Crippen molar-refractivity contribution in [3.05, 3.63) is 42.5 Å². The molecule has 0 spiro atoms. The molecule has 6 nitrogen and oxygen atoms in total. The highest BCUT2D eigenvalue weighted by molar-refractivity contribution is 5.94. The molecule has 122 valence electrons. The third-order valence-corrected chi connectivity index (χ3v) is 4.18. The van der Waals surface area contributed by atoms with Gasteiger partial charge in [0.2, 0.25) is 0 Å². The van der Waals surface area contributed by atoms with E-state index in [4.69, 9.17) is 4.74 Å². The minimum absolute atomic E-state index is 0.0385. The van der Waals surface area contributed by atoms with Crippen LogP contribution in [0.15, 0.2) is 36.9 Å². The fraction of sp³-hybridized carbons (Fsp3) is 0.471. The van der Waals surface area contributed by atoms with Gasteiger partial charge in [0, 0.05) is 30.9 Å². The molecule has 1 atom stereocenters. The molecular formula is C17H22N4O2. The molecule has 1 fully saturated rings. The monoisotopic (exact) mass is 314 g/mol. The lowest BCUT2D eigenvalue weighted by molar-refractivity contribution is -0.00311. The molecular weight excluding hydrogens is 292 g/mol. The molecule has 23 heavy (non-hydrogen) atoms. The Hall–Kier alpha value is -2.21. The maximum atomic E-state index is 12.8. The van der Waals surface area contributed by atoms with Gasteiger partial charge in [-0.3, -0.25) is 9.36 Å². The van der Waals surface area contributed by atoms with Gasteiger partial charge in [-0.25, -0.2) is 0 Å². The first-order valence-electron chi connectivity index (χ1n) is 8.14. The number of amides is 1. The van der Waals surface area contributed by atoms with E-state index in [1.807, 2.05) is 36.1 Å². The Kier molecular flexibility index (Phi) is 5.02. The molecule has 0 aliphatic carbocycles. The molecule has 0 bridgehead atoms. The maximum Gasteiger partial charge on any atom is 0.254 e. The number of aromatic nitrogens is 3. The van der Waals surface area contributed by atoms with E-state index in [0.717, 1.165) is 25.1 Å². The fourth-order valence-electron chi connectivity index (χ4n) is 2.87.